The highest BCUT2D eigenvalue weighted by Gasteiger charge is 1.99. The Kier molecular flexibility index (Phi) is 3.92. The molecule has 0 saturated heterocycles. The second kappa shape index (κ2) is 4.98. The summed E-state index contributed by atoms with van der Waals surface area (Å²) in [6.07, 6.45) is 4.44. The maximum absolute atomic E-state index is 10.2. The average Bonchev–Trinajstić information content (AvgIpc) is 2.10. The molecule has 0 aromatic carbocycles. The number of aromatic nitrogens is 1. The second-order valence-corrected chi connectivity index (χ2v) is 3.33. The second-order valence-electron chi connectivity index (χ2n) is 2.53. The first-order valence-corrected chi connectivity index (χ1v) is 4.54. The van der Waals surface area contributed by atoms with Crippen molar-refractivity contribution in [2.75, 3.05) is 0 Å². The lowest BCUT2D eigenvalue weighted by molar-refractivity contribution is -0.135. The van der Waals surface area contributed by atoms with Crippen LogP contribution in [0.2, 0.25) is 10.2 Å². The third-order valence-corrected chi connectivity index (χ3v) is 1.95. The Balaban J connectivity index is 2.80. The molecular formula is C9H7Cl2NO2. The zero-order valence-electron chi connectivity index (χ0n) is 7.08. The molecule has 1 aromatic heterocycles. The van der Waals surface area contributed by atoms with Gasteiger partial charge >= 0.3 is 5.97 Å². The van der Waals surface area contributed by atoms with E-state index < -0.39 is 5.97 Å². The summed E-state index contributed by atoms with van der Waals surface area (Å²) in [7, 11) is 0. The summed E-state index contributed by atoms with van der Waals surface area (Å²) in [4.78, 5) is 14.0. The van der Waals surface area contributed by atoms with Crippen LogP contribution in [0.3, 0.4) is 0 Å². The summed E-state index contributed by atoms with van der Waals surface area (Å²) in [5.74, 6) is -0.896. The van der Waals surface area contributed by atoms with Gasteiger partial charge in [-0.15, -0.1) is 0 Å². The fourth-order valence-electron chi connectivity index (χ4n) is 0.842. The van der Waals surface area contributed by atoms with Crippen LogP contribution >= 0.6 is 23.2 Å². The Morgan fingerprint density at radius 1 is 1.57 bits per heavy atom. The highest BCUT2D eigenvalue weighted by Crippen LogP contribution is 2.18. The molecule has 0 aliphatic carbocycles. The van der Waals surface area contributed by atoms with Gasteiger partial charge in [0.05, 0.1) is 11.4 Å². The van der Waals surface area contributed by atoms with Crippen molar-refractivity contribution in [1.29, 1.82) is 0 Å². The molecule has 3 nitrogen and oxygen atoms in total. The van der Waals surface area contributed by atoms with E-state index in [0.29, 0.717) is 15.7 Å². The number of hydrogen-bond donors (Lipinski definition) is 1. The molecular weight excluding hydrogens is 225 g/mol. The van der Waals surface area contributed by atoms with Gasteiger partial charge in [-0.3, -0.25) is 4.79 Å². The summed E-state index contributed by atoms with van der Waals surface area (Å²) < 4.78 is 0. The molecule has 0 spiro atoms. The van der Waals surface area contributed by atoms with Crippen LogP contribution in [0, 0.1) is 0 Å². The molecule has 0 radical (unpaired) electrons. The van der Waals surface area contributed by atoms with Crippen molar-refractivity contribution in [3.05, 3.63) is 34.1 Å². The van der Waals surface area contributed by atoms with Gasteiger partial charge in [-0.25, -0.2) is 4.98 Å². The molecule has 74 valence electrons. The standard InChI is InChI=1S/C9H7Cl2NO2/c10-7-4-6(9(11)12-5-7)2-1-3-8(13)14/h1-2,4-5H,3H2,(H,13,14). The predicted octanol–water partition coefficient (Wildman–Crippen LogP) is 2.88. The van der Waals surface area contributed by atoms with E-state index in [9.17, 15) is 4.79 Å². The molecule has 0 fully saturated rings. The Hall–Kier alpha value is -1.06. The van der Waals surface area contributed by atoms with Crippen LogP contribution in [0.15, 0.2) is 18.3 Å². The van der Waals surface area contributed by atoms with Gasteiger partial charge in [0.1, 0.15) is 5.15 Å². The molecule has 1 heterocycles. The number of carboxylic acids is 1. The van der Waals surface area contributed by atoms with Crippen LogP contribution in [-0.2, 0) is 4.79 Å². The molecule has 1 N–H and O–H groups in total. The zero-order valence-corrected chi connectivity index (χ0v) is 8.59. The maximum Gasteiger partial charge on any atom is 0.307 e. The van der Waals surface area contributed by atoms with Gasteiger partial charge in [-0.05, 0) is 6.07 Å². The van der Waals surface area contributed by atoms with Crippen LogP contribution < -0.4 is 0 Å². The molecule has 0 aliphatic heterocycles. The molecule has 5 heteroatoms. The highest BCUT2D eigenvalue weighted by atomic mass is 35.5. The monoisotopic (exact) mass is 231 g/mol. The van der Waals surface area contributed by atoms with Crippen molar-refractivity contribution in [1.82, 2.24) is 4.98 Å². The molecule has 14 heavy (non-hydrogen) atoms. The summed E-state index contributed by atoms with van der Waals surface area (Å²) in [6, 6.07) is 1.62. The van der Waals surface area contributed by atoms with Crippen molar-refractivity contribution in [2.24, 2.45) is 0 Å². The minimum Gasteiger partial charge on any atom is -0.481 e. The van der Waals surface area contributed by atoms with Crippen LogP contribution in [0.1, 0.15) is 12.0 Å². The molecule has 0 aliphatic rings. The Morgan fingerprint density at radius 2 is 2.29 bits per heavy atom. The highest BCUT2D eigenvalue weighted by molar-refractivity contribution is 6.33. The number of carboxylic acid groups (broad SMARTS) is 1. The first kappa shape index (κ1) is 11.0. The number of halogens is 2. The zero-order chi connectivity index (χ0) is 10.6. The predicted molar refractivity (Wildman–Crippen MR) is 55.5 cm³/mol. The van der Waals surface area contributed by atoms with E-state index in [0.717, 1.165) is 0 Å². The van der Waals surface area contributed by atoms with Crippen molar-refractivity contribution < 1.29 is 9.90 Å². The van der Waals surface area contributed by atoms with E-state index in [2.05, 4.69) is 4.98 Å². The van der Waals surface area contributed by atoms with Crippen molar-refractivity contribution in [3.8, 4) is 0 Å². The first-order valence-electron chi connectivity index (χ1n) is 3.79. The molecule has 0 atom stereocenters. The summed E-state index contributed by atoms with van der Waals surface area (Å²) in [6.45, 7) is 0. The maximum atomic E-state index is 10.2. The molecule has 0 amide bonds. The van der Waals surface area contributed by atoms with E-state index in [1.165, 1.54) is 12.3 Å². The molecule has 0 saturated carbocycles. The third-order valence-electron chi connectivity index (χ3n) is 1.42. The van der Waals surface area contributed by atoms with Gasteiger partial charge in [-0.1, -0.05) is 35.4 Å². The third kappa shape index (κ3) is 3.36. The first-order chi connectivity index (χ1) is 6.59. The van der Waals surface area contributed by atoms with Crippen LogP contribution in [0.5, 0.6) is 0 Å². The van der Waals surface area contributed by atoms with Gasteiger partial charge in [0, 0.05) is 11.8 Å². The summed E-state index contributed by atoms with van der Waals surface area (Å²) >= 11 is 11.4. The molecule has 0 bridgehead atoms. The van der Waals surface area contributed by atoms with Crippen LogP contribution in [-0.4, -0.2) is 16.1 Å². The fourth-order valence-corrected chi connectivity index (χ4v) is 1.17. The normalized spacial score (nSPS) is 10.7. The lowest BCUT2D eigenvalue weighted by Crippen LogP contribution is -1.89. The van der Waals surface area contributed by atoms with E-state index in [4.69, 9.17) is 28.3 Å². The number of hydrogen-bond acceptors (Lipinski definition) is 2. The van der Waals surface area contributed by atoms with Crippen molar-refractivity contribution >= 4 is 35.2 Å². The van der Waals surface area contributed by atoms with Gasteiger partial charge < -0.3 is 5.11 Å². The molecule has 1 rings (SSSR count). The number of nitrogens with zero attached hydrogens (tertiary/aromatic N) is 1. The van der Waals surface area contributed by atoms with Crippen LogP contribution in [0.4, 0.5) is 0 Å². The summed E-state index contributed by atoms with van der Waals surface area (Å²) in [5, 5.41) is 9.15. The quantitative estimate of drug-likeness (QED) is 0.815. The van der Waals surface area contributed by atoms with Gasteiger partial charge in [-0.2, -0.15) is 0 Å². The lowest BCUT2D eigenvalue weighted by atomic mass is 10.2. The van der Waals surface area contributed by atoms with Gasteiger partial charge in [0.2, 0.25) is 0 Å². The smallest absolute Gasteiger partial charge is 0.307 e. The fraction of sp³-hybridized carbons (Fsp3) is 0.111. The van der Waals surface area contributed by atoms with Crippen LogP contribution in [0.25, 0.3) is 6.08 Å². The van der Waals surface area contributed by atoms with Crippen molar-refractivity contribution in [2.45, 2.75) is 6.42 Å². The minimum absolute atomic E-state index is 0.0527. The van der Waals surface area contributed by atoms with E-state index in [1.54, 1.807) is 12.1 Å². The average molecular weight is 232 g/mol. The lowest BCUT2D eigenvalue weighted by Gasteiger charge is -1.96. The Morgan fingerprint density at radius 3 is 2.93 bits per heavy atom. The van der Waals surface area contributed by atoms with E-state index in [1.807, 2.05) is 0 Å². The van der Waals surface area contributed by atoms with Gasteiger partial charge in [0.25, 0.3) is 0 Å². The number of rotatable bonds is 3. The van der Waals surface area contributed by atoms with E-state index >= 15 is 0 Å². The summed E-state index contributed by atoms with van der Waals surface area (Å²) in [5.41, 5.74) is 0.611. The number of pyridine rings is 1. The van der Waals surface area contributed by atoms with Gasteiger partial charge in [0.15, 0.2) is 0 Å². The Bertz CT molecular complexity index is 377. The van der Waals surface area contributed by atoms with E-state index in [-0.39, 0.29) is 6.42 Å². The largest absolute Gasteiger partial charge is 0.481 e. The Labute approximate surface area is 91.0 Å². The number of aliphatic carboxylic acids is 1. The number of carbonyl (C=O) groups is 1. The minimum atomic E-state index is -0.896. The topological polar surface area (TPSA) is 50.2 Å². The SMILES string of the molecule is O=C(O)CC=Cc1cc(Cl)cnc1Cl. The molecule has 0 unspecified atom stereocenters. The van der Waals surface area contributed by atoms with Crippen molar-refractivity contribution in [3.63, 3.8) is 0 Å². The molecule has 1 aromatic rings.